The van der Waals surface area contributed by atoms with Crippen molar-refractivity contribution in [3.05, 3.63) is 59.7 Å². The summed E-state index contributed by atoms with van der Waals surface area (Å²) in [4.78, 5) is 14.6. The molecule has 8 heteroatoms. The second-order valence-corrected chi connectivity index (χ2v) is 7.62. The highest BCUT2D eigenvalue weighted by molar-refractivity contribution is 5.82. The van der Waals surface area contributed by atoms with Crippen LogP contribution < -0.4 is 14.8 Å². The van der Waals surface area contributed by atoms with Crippen LogP contribution in [0.25, 0.3) is 0 Å². The van der Waals surface area contributed by atoms with Crippen LogP contribution >= 0.6 is 0 Å². The number of alkyl halides is 3. The van der Waals surface area contributed by atoms with Crippen LogP contribution in [0.5, 0.6) is 11.5 Å². The Kier molecular flexibility index (Phi) is 5.85. The van der Waals surface area contributed by atoms with Gasteiger partial charge in [-0.2, -0.15) is 13.2 Å². The van der Waals surface area contributed by atoms with E-state index in [0.717, 1.165) is 18.9 Å². The SMILES string of the molecule is O=C(NC1CCN(Cc2cccc(C(F)(F)F)c2)CC1)C1COc2ccccc2O1. The number of benzene rings is 2. The quantitative estimate of drug-likeness (QED) is 0.821. The molecule has 0 saturated carbocycles. The highest BCUT2D eigenvalue weighted by Gasteiger charge is 2.31. The number of piperidine rings is 1. The van der Waals surface area contributed by atoms with Gasteiger partial charge in [-0.3, -0.25) is 9.69 Å². The third-order valence-corrected chi connectivity index (χ3v) is 5.40. The Morgan fingerprint density at radius 1 is 1.07 bits per heavy atom. The number of nitrogens with zero attached hydrogens (tertiary/aromatic N) is 1. The van der Waals surface area contributed by atoms with E-state index in [0.29, 0.717) is 36.7 Å². The maximum Gasteiger partial charge on any atom is 0.416 e. The third kappa shape index (κ3) is 4.87. The lowest BCUT2D eigenvalue weighted by Crippen LogP contribution is -2.50. The minimum atomic E-state index is -4.33. The summed E-state index contributed by atoms with van der Waals surface area (Å²) in [5, 5.41) is 3.01. The normalized spacial score (nSPS) is 20.0. The van der Waals surface area contributed by atoms with Crippen LogP contribution in [0.2, 0.25) is 0 Å². The van der Waals surface area contributed by atoms with Crippen molar-refractivity contribution in [1.82, 2.24) is 10.2 Å². The highest BCUT2D eigenvalue weighted by Crippen LogP contribution is 2.31. The van der Waals surface area contributed by atoms with Gasteiger partial charge in [-0.25, -0.2) is 0 Å². The van der Waals surface area contributed by atoms with Crippen LogP contribution in [-0.2, 0) is 17.5 Å². The smallest absolute Gasteiger partial charge is 0.416 e. The van der Waals surface area contributed by atoms with Crippen LogP contribution in [0.4, 0.5) is 13.2 Å². The number of carbonyl (C=O) groups excluding carboxylic acids is 1. The van der Waals surface area contributed by atoms with Gasteiger partial charge in [0.1, 0.15) is 6.61 Å². The molecule has 1 N–H and O–H groups in total. The van der Waals surface area contributed by atoms with Gasteiger partial charge in [0.05, 0.1) is 5.56 Å². The lowest BCUT2D eigenvalue weighted by molar-refractivity contribution is -0.137. The number of carbonyl (C=O) groups is 1. The molecule has 1 saturated heterocycles. The summed E-state index contributed by atoms with van der Waals surface area (Å²) in [6.07, 6.45) is -3.56. The summed E-state index contributed by atoms with van der Waals surface area (Å²) in [5.74, 6) is 0.977. The Morgan fingerprint density at radius 2 is 1.80 bits per heavy atom. The molecule has 30 heavy (non-hydrogen) atoms. The van der Waals surface area contributed by atoms with Gasteiger partial charge in [0, 0.05) is 25.7 Å². The molecule has 1 fully saturated rings. The van der Waals surface area contributed by atoms with Gasteiger partial charge in [-0.05, 0) is 36.6 Å². The first-order chi connectivity index (χ1) is 14.4. The van der Waals surface area contributed by atoms with Crippen LogP contribution in [0.15, 0.2) is 48.5 Å². The van der Waals surface area contributed by atoms with E-state index < -0.39 is 17.8 Å². The molecule has 2 aromatic rings. The van der Waals surface area contributed by atoms with E-state index in [9.17, 15) is 18.0 Å². The van der Waals surface area contributed by atoms with E-state index in [-0.39, 0.29) is 18.6 Å². The Hall–Kier alpha value is -2.74. The van der Waals surface area contributed by atoms with E-state index in [1.807, 2.05) is 12.1 Å². The number of amides is 1. The third-order valence-electron chi connectivity index (χ3n) is 5.40. The number of rotatable bonds is 4. The summed E-state index contributed by atoms with van der Waals surface area (Å²) in [7, 11) is 0. The molecular weight excluding hydrogens is 397 g/mol. The number of nitrogens with one attached hydrogen (secondary N) is 1. The van der Waals surface area contributed by atoms with Crippen molar-refractivity contribution in [2.24, 2.45) is 0 Å². The molecule has 2 aliphatic heterocycles. The van der Waals surface area contributed by atoms with Crippen molar-refractivity contribution in [3.63, 3.8) is 0 Å². The summed E-state index contributed by atoms with van der Waals surface area (Å²) in [6, 6.07) is 12.7. The van der Waals surface area contributed by atoms with Crippen molar-refractivity contribution in [3.8, 4) is 11.5 Å². The fourth-order valence-corrected chi connectivity index (χ4v) is 3.78. The molecule has 1 amide bonds. The Labute approximate surface area is 172 Å². The first-order valence-corrected chi connectivity index (χ1v) is 9.96. The molecule has 2 aliphatic rings. The molecule has 0 aromatic heterocycles. The fraction of sp³-hybridized carbons (Fsp3) is 0.409. The summed E-state index contributed by atoms with van der Waals surface area (Å²) < 4.78 is 50.0. The van der Waals surface area contributed by atoms with Crippen molar-refractivity contribution in [2.75, 3.05) is 19.7 Å². The predicted molar refractivity (Wildman–Crippen MR) is 104 cm³/mol. The molecule has 0 radical (unpaired) electrons. The average molecular weight is 420 g/mol. The number of hydrogen-bond donors (Lipinski definition) is 1. The van der Waals surface area contributed by atoms with Gasteiger partial charge in [0.15, 0.2) is 11.5 Å². The monoisotopic (exact) mass is 420 g/mol. The zero-order valence-electron chi connectivity index (χ0n) is 16.3. The first-order valence-electron chi connectivity index (χ1n) is 9.96. The molecular formula is C22H23F3N2O3. The van der Waals surface area contributed by atoms with E-state index >= 15 is 0 Å². The number of fused-ring (bicyclic) bond motifs is 1. The standard InChI is InChI=1S/C22H23F3N2O3/c23-22(24,25)16-5-3-4-15(12-16)13-27-10-8-17(9-11-27)26-21(28)20-14-29-18-6-1-2-7-19(18)30-20/h1-7,12,17,20H,8-11,13-14H2,(H,26,28). The van der Waals surface area contributed by atoms with Gasteiger partial charge in [0.25, 0.3) is 5.91 Å². The predicted octanol–water partition coefficient (Wildman–Crippen LogP) is 3.63. The molecule has 0 aliphatic carbocycles. The van der Waals surface area contributed by atoms with Gasteiger partial charge in [-0.15, -0.1) is 0 Å². The lowest BCUT2D eigenvalue weighted by Gasteiger charge is -2.33. The second-order valence-electron chi connectivity index (χ2n) is 7.62. The van der Waals surface area contributed by atoms with Crippen LogP contribution in [0, 0.1) is 0 Å². The molecule has 5 nitrogen and oxygen atoms in total. The van der Waals surface area contributed by atoms with Crippen LogP contribution in [0.1, 0.15) is 24.0 Å². The van der Waals surface area contributed by atoms with Crippen molar-refractivity contribution < 1.29 is 27.4 Å². The van der Waals surface area contributed by atoms with E-state index in [1.54, 1.807) is 18.2 Å². The molecule has 4 rings (SSSR count). The number of para-hydroxylation sites is 2. The van der Waals surface area contributed by atoms with E-state index in [1.165, 1.54) is 12.1 Å². The Balaban J connectivity index is 1.26. The molecule has 2 aromatic carbocycles. The van der Waals surface area contributed by atoms with Crippen LogP contribution in [0.3, 0.4) is 0 Å². The van der Waals surface area contributed by atoms with Crippen molar-refractivity contribution in [1.29, 1.82) is 0 Å². The minimum absolute atomic E-state index is 0.0102. The average Bonchev–Trinajstić information content (AvgIpc) is 2.74. The van der Waals surface area contributed by atoms with Gasteiger partial charge >= 0.3 is 6.18 Å². The molecule has 0 spiro atoms. The fourth-order valence-electron chi connectivity index (χ4n) is 3.78. The van der Waals surface area contributed by atoms with E-state index in [4.69, 9.17) is 9.47 Å². The topological polar surface area (TPSA) is 50.8 Å². The van der Waals surface area contributed by atoms with E-state index in [2.05, 4.69) is 10.2 Å². The zero-order chi connectivity index (χ0) is 21.1. The highest BCUT2D eigenvalue weighted by atomic mass is 19.4. The maximum atomic E-state index is 12.9. The molecule has 2 heterocycles. The molecule has 0 bridgehead atoms. The van der Waals surface area contributed by atoms with Crippen molar-refractivity contribution in [2.45, 2.75) is 37.7 Å². The van der Waals surface area contributed by atoms with Crippen molar-refractivity contribution >= 4 is 5.91 Å². The van der Waals surface area contributed by atoms with Gasteiger partial charge in [-0.1, -0.05) is 30.3 Å². The zero-order valence-corrected chi connectivity index (χ0v) is 16.3. The van der Waals surface area contributed by atoms with Gasteiger partial charge < -0.3 is 14.8 Å². The number of likely N-dealkylation sites (tertiary alicyclic amines) is 1. The number of hydrogen-bond acceptors (Lipinski definition) is 4. The lowest BCUT2D eigenvalue weighted by atomic mass is 10.0. The molecule has 1 unspecified atom stereocenters. The number of ether oxygens (including phenoxy) is 2. The summed E-state index contributed by atoms with van der Waals surface area (Å²) in [6.45, 7) is 2.02. The van der Waals surface area contributed by atoms with Gasteiger partial charge in [0.2, 0.25) is 6.10 Å². The minimum Gasteiger partial charge on any atom is -0.485 e. The Morgan fingerprint density at radius 3 is 2.53 bits per heavy atom. The number of halogens is 3. The summed E-state index contributed by atoms with van der Waals surface area (Å²) >= 11 is 0. The summed E-state index contributed by atoms with van der Waals surface area (Å²) in [5.41, 5.74) is 0.0113. The van der Waals surface area contributed by atoms with Crippen LogP contribution in [-0.4, -0.2) is 42.6 Å². The molecule has 160 valence electrons. The first kappa shape index (κ1) is 20.5. The molecule has 1 atom stereocenters. The second kappa shape index (κ2) is 8.55. The maximum absolute atomic E-state index is 12.9. The largest absolute Gasteiger partial charge is 0.485 e. The Bertz CT molecular complexity index is 895.